The second kappa shape index (κ2) is 4.10. The fraction of sp³-hybridized carbons (Fsp3) is 0.0769. The van der Waals surface area contributed by atoms with Crippen molar-refractivity contribution in [3.63, 3.8) is 0 Å². The second-order valence-corrected chi connectivity index (χ2v) is 4.88. The molecule has 0 bridgehead atoms. The molecule has 5 heteroatoms. The molecule has 3 aromatic rings. The molecule has 0 fully saturated rings. The average molecular weight is 303 g/mol. The Kier molecular flexibility index (Phi) is 2.56. The van der Waals surface area contributed by atoms with E-state index in [1.165, 1.54) is 0 Å². The van der Waals surface area contributed by atoms with Gasteiger partial charge in [-0.05, 0) is 41.1 Å². The van der Waals surface area contributed by atoms with Gasteiger partial charge in [0.15, 0.2) is 5.65 Å². The third kappa shape index (κ3) is 1.67. The predicted molar refractivity (Wildman–Crippen MR) is 75.7 cm³/mol. The fourth-order valence-corrected chi connectivity index (χ4v) is 2.45. The van der Waals surface area contributed by atoms with Crippen LogP contribution in [0.3, 0.4) is 0 Å². The van der Waals surface area contributed by atoms with E-state index >= 15 is 0 Å². The molecule has 1 aromatic carbocycles. The number of benzene rings is 1. The van der Waals surface area contributed by atoms with Gasteiger partial charge in [0.1, 0.15) is 4.60 Å². The summed E-state index contributed by atoms with van der Waals surface area (Å²) < 4.78 is 2.52. The third-order valence-corrected chi connectivity index (χ3v) is 3.22. The van der Waals surface area contributed by atoms with Crippen molar-refractivity contribution in [3.05, 3.63) is 46.7 Å². The summed E-state index contributed by atoms with van der Waals surface area (Å²) in [6.07, 6.45) is 0. The molecule has 0 aliphatic carbocycles. The number of fused-ring (bicyclic) bond motifs is 1. The first-order chi connectivity index (χ1) is 8.66. The van der Waals surface area contributed by atoms with Crippen molar-refractivity contribution in [2.45, 2.75) is 6.92 Å². The van der Waals surface area contributed by atoms with E-state index in [2.05, 4.69) is 26.0 Å². The van der Waals surface area contributed by atoms with Gasteiger partial charge in [0, 0.05) is 5.69 Å². The first-order valence-corrected chi connectivity index (χ1v) is 6.33. The number of aromatic nitrogens is 3. The van der Waals surface area contributed by atoms with E-state index in [0.29, 0.717) is 10.3 Å². The molecule has 0 saturated carbocycles. The van der Waals surface area contributed by atoms with Gasteiger partial charge < -0.3 is 5.73 Å². The molecule has 2 aromatic heterocycles. The van der Waals surface area contributed by atoms with Crippen LogP contribution in [0.15, 0.2) is 41.0 Å². The molecule has 0 aliphatic rings. The molecule has 2 heterocycles. The van der Waals surface area contributed by atoms with Crippen LogP contribution in [-0.4, -0.2) is 14.8 Å². The Morgan fingerprint density at radius 3 is 2.67 bits per heavy atom. The van der Waals surface area contributed by atoms with Crippen molar-refractivity contribution in [2.75, 3.05) is 5.73 Å². The number of anilines is 1. The van der Waals surface area contributed by atoms with Gasteiger partial charge >= 0.3 is 0 Å². The predicted octanol–water partition coefficient (Wildman–Crippen LogP) is 3.07. The Hall–Kier alpha value is -1.88. The molecular weight excluding hydrogens is 292 g/mol. The summed E-state index contributed by atoms with van der Waals surface area (Å²) in [4.78, 5) is 4.47. The number of nitrogens with zero attached hydrogens (tertiary/aromatic N) is 3. The lowest BCUT2D eigenvalue weighted by Gasteiger charge is -2.03. The van der Waals surface area contributed by atoms with E-state index in [9.17, 15) is 0 Å². The van der Waals surface area contributed by atoms with Gasteiger partial charge in [-0.15, -0.1) is 0 Å². The molecule has 90 valence electrons. The van der Waals surface area contributed by atoms with Crippen LogP contribution in [0.1, 0.15) is 5.69 Å². The number of aryl methyl sites for hydroxylation is 1. The summed E-state index contributed by atoms with van der Waals surface area (Å²) in [5, 5.41) is 5.42. The van der Waals surface area contributed by atoms with Crippen molar-refractivity contribution >= 4 is 32.7 Å². The zero-order chi connectivity index (χ0) is 12.7. The highest BCUT2D eigenvalue weighted by Gasteiger charge is 2.13. The van der Waals surface area contributed by atoms with Crippen molar-refractivity contribution in [2.24, 2.45) is 0 Å². The quantitative estimate of drug-likeness (QED) is 0.703. The molecule has 0 amide bonds. The highest BCUT2D eigenvalue weighted by molar-refractivity contribution is 9.10. The normalized spacial score (nSPS) is 11.0. The van der Waals surface area contributed by atoms with Gasteiger partial charge in [-0.25, -0.2) is 9.67 Å². The summed E-state index contributed by atoms with van der Waals surface area (Å²) in [5.41, 5.74) is 9.34. The number of pyridine rings is 1. The Morgan fingerprint density at radius 2 is 1.94 bits per heavy atom. The molecule has 0 unspecified atom stereocenters. The number of halogens is 1. The first kappa shape index (κ1) is 11.2. The lowest BCUT2D eigenvalue weighted by atomic mass is 10.2. The van der Waals surface area contributed by atoms with Crippen LogP contribution in [0.5, 0.6) is 0 Å². The number of rotatable bonds is 1. The van der Waals surface area contributed by atoms with E-state index in [1.807, 2.05) is 41.9 Å². The zero-order valence-electron chi connectivity index (χ0n) is 9.76. The molecule has 4 nitrogen and oxygen atoms in total. The van der Waals surface area contributed by atoms with Gasteiger partial charge in [-0.2, -0.15) is 5.10 Å². The average Bonchev–Trinajstić information content (AvgIpc) is 2.67. The van der Waals surface area contributed by atoms with Crippen LogP contribution in [-0.2, 0) is 0 Å². The maximum atomic E-state index is 6.03. The maximum absolute atomic E-state index is 6.03. The summed E-state index contributed by atoms with van der Waals surface area (Å²) in [5.74, 6) is 0. The smallest absolute Gasteiger partial charge is 0.166 e. The first-order valence-electron chi connectivity index (χ1n) is 5.53. The topological polar surface area (TPSA) is 56.7 Å². The van der Waals surface area contributed by atoms with Crippen LogP contribution >= 0.6 is 15.9 Å². The van der Waals surface area contributed by atoms with Gasteiger partial charge in [0.25, 0.3) is 0 Å². The van der Waals surface area contributed by atoms with Crippen LogP contribution in [0.25, 0.3) is 16.7 Å². The molecule has 0 atom stereocenters. The van der Waals surface area contributed by atoms with Gasteiger partial charge in [-0.3, -0.25) is 0 Å². The minimum atomic E-state index is 0.687. The second-order valence-electron chi connectivity index (χ2n) is 4.07. The highest BCUT2D eigenvalue weighted by Crippen LogP contribution is 2.27. The summed E-state index contributed by atoms with van der Waals surface area (Å²) >= 11 is 3.37. The number of hydrogen-bond donors (Lipinski definition) is 1. The lowest BCUT2D eigenvalue weighted by molar-refractivity contribution is 0.876. The van der Waals surface area contributed by atoms with E-state index in [1.54, 1.807) is 6.07 Å². The van der Waals surface area contributed by atoms with Crippen molar-refractivity contribution in [1.29, 1.82) is 0 Å². The molecule has 0 saturated heterocycles. The fourth-order valence-electron chi connectivity index (χ4n) is 2.04. The monoisotopic (exact) mass is 302 g/mol. The molecule has 2 N–H and O–H groups in total. The summed E-state index contributed by atoms with van der Waals surface area (Å²) in [6, 6.07) is 11.7. The maximum Gasteiger partial charge on any atom is 0.166 e. The largest absolute Gasteiger partial charge is 0.398 e. The van der Waals surface area contributed by atoms with Crippen LogP contribution in [0.4, 0.5) is 5.69 Å². The summed E-state index contributed by atoms with van der Waals surface area (Å²) in [6.45, 7) is 1.94. The number of nitrogen functional groups attached to an aromatic ring is 1. The van der Waals surface area contributed by atoms with Crippen LogP contribution in [0.2, 0.25) is 0 Å². The highest BCUT2D eigenvalue weighted by atomic mass is 79.9. The van der Waals surface area contributed by atoms with Crippen molar-refractivity contribution < 1.29 is 0 Å². The minimum Gasteiger partial charge on any atom is -0.398 e. The molecule has 0 aliphatic heterocycles. The number of hydrogen-bond acceptors (Lipinski definition) is 3. The lowest BCUT2D eigenvalue weighted by Crippen LogP contribution is -1.98. The third-order valence-electron chi connectivity index (χ3n) is 2.81. The molecule has 0 radical (unpaired) electrons. The van der Waals surface area contributed by atoms with E-state index < -0.39 is 0 Å². The summed E-state index contributed by atoms with van der Waals surface area (Å²) in [7, 11) is 0. The van der Waals surface area contributed by atoms with E-state index in [4.69, 9.17) is 5.73 Å². The van der Waals surface area contributed by atoms with Gasteiger partial charge in [0.05, 0.1) is 16.8 Å². The van der Waals surface area contributed by atoms with Crippen LogP contribution < -0.4 is 5.73 Å². The molecule has 18 heavy (non-hydrogen) atoms. The standard InChI is InChI=1S/C13H11BrN4/c1-8-12-10(15)7-11(14)16-13(12)18(17-8)9-5-3-2-4-6-9/h2-7H,1H3,(H2,15,16). The van der Waals surface area contributed by atoms with Crippen LogP contribution in [0, 0.1) is 6.92 Å². The molecular formula is C13H11BrN4. The Bertz CT molecular complexity index is 719. The molecule has 3 rings (SSSR count). The SMILES string of the molecule is Cc1nn(-c2ccccc2)c2nc(Br)cc(N)c12. The number of nitrogens with two attached hydrogens (primary N) is 1. The Morgan fingerprint density at radius 1 is 1.22 bits per heavy atom. The van der Waals surface area contributed by atoms with E-state index in [0.717, 1.165) is 22.4 Å². The van der Waals surface area contributed by atoms with Crippen molar-refractivity contribution in [3.8, 4) is 5.69 Å². The number of para-hydroxylation sites is 1. The Labute approximate surface area is 113 Å². The van der Waals surface area contributed by atoms with E-state index in [-0.39, 0.29) is 0 Å². The molecule has 0 spiro atoms. The minimum absolute atomic E-state index is 0.687. The van der Waals surface area contributed by atoms with Gasteiger partial charge in [0.2, 0.25) is 0 Å². The Balaban J connectivity index is 2.38. The van der Waals surface area contributed by atoms with Gasteiger partial charge in [-0.1, -0.05) is 18.2 Å². The zero-order valence-corrected chi connectivity index (χ0v) is 11.3. The van der Waals surface area contributed by atoms with Crippen molar-refractivity contribution in [1.82, 2.24) is 14.8 Å².